The number of aliphatic hydroxyl groups is 1. The van der Waals surface area contributed by atoms with Gasteiger partial charge in [0.2, 0.25) is 0 Å². The maximum atomic E-state index is 10.4. The van der Waals surface area contributed by atoms with Gasteiger partial charge in [-0.2, -0.15) is 0 Å². The van der Waals surface area contributed by atoms with Crippen molar-refractivity contribution < 1.29 is 9.84 Å². The molecule has 0 amide bonds. The highest BCUT2D eigenvalue weighted by Gasteiger charge is 2.40. The molecule has 0 bridgehead atoms. The molecule has 1 aliphatic heterocycles. The third kappa shape index (κ3) is 3.50. The zero-order chi connectivity index (χ0) is 14.2. The Labute approximate surface area is 118 Å². The smallest absolute Gasteiger partial charge is 0.0695 e. The molecule has 0 spiro atoms. The minimum Gasteiger partial charge on any atom is -0.391 e. The molecular weight excluding hydrogens is 238 g/mol. The van der Waals surface area contributed by atoms with Gasteiger partial charge in [-0.05, 0) is 44.4 Å². The first-order valence-corrected chi connectivity index (χ1v) is 7.84. The predicted molar refractivity (Wildman–Crippen MR) is 78.2 cm³/mol. The van der Waals surface area contributed by atoms with Crippen LogP contribution in [0.5, 0.6) is 0 Å². The van der Waals surface area contributed by atoms with E-state index in [-0.39, 0.29) is 6.10 Å². The van der Waals surface area contributed by atoms with Crippen LogP contribution in [-0.4, -0.2) is 47.4 Å². The zero-order valence-electron chi connectivity index (χ0n) is 13.2. The average molecular weight is 269 g/mol. The summed E-state index contributed by atoms with van der Waals surface area (Å²) in [6.45, 7) is 13.1. The lowest BCUT2D eigenvalue weighted by Crippen LogP contribution is -2.57. The Morgan fingerprint density at radius 3 is 2.47 bits per heavy atom. The molecule has 2 rings (SSSR count). The van der Waals surface area contributed by atoms with E-state index in [2.05, 4.69) is 39.5 Å². The second-order valence-electron chi connectivity index (χ2n) is 7.70. The SMILES string of the molecule is CC1CN(C2CC(C(C)(C)C)CCC2O)C(C)CO1. The molecule has 19 heavy (non-hydrogen) atoms. The van der Waals surface area contributed by atoms with Gasteiger partial charge in [-0.25, -0.2) is 0 Å². The van der Waals surface area contributed by atoms with Crippen molar-refractivity contribution in [1.29, 1.82) is 0 Å². The van der Waals surface area contributed by atoms with Crippen molar-refractivity contribution in [3.63, 3.8) is 0 Å². The maximum absolute atomic E-state index is 10.4. The number of hydrogen-bond acceptors (Lipinski definition) is 3. The number of rotatable bonds is 1. The minimum atomic E-state index is -0.161. The van der Waals surface area contributed by atoms with Crippen LogP contribution >= 0.6 is 0 Å². The highest BCUT2D eigenvalue weighted by atomic mass is 16.5. The largest absolute Gasteiger partial charge is 0.391 e. The molecule has 0 radical (unpaired) electrons. The van der Waals surface area contributed by atoms with E-state index in [0.717, 1.165) is 32.4 Å². The first-order chi connectivity index (χ1) is 8.79. The summed E-state index contributed by atoms with van der Waals surface area (Å²) < 4.78 is 5.72. The fourth-order valence-corrected chi connectivity index (χ4v) is 3.66. The number of hydrogen-bond donors (Lipinski definition) is 1. The molecule has 112 valence electrons. The maximum Gasteiger partial charge on any atom is 0.0695 e. The lowest BCUT2D eigenvalue weighted by Gasteiger charge is -2.48. The van der Waals surface area contributed by atoms with E-state index in [1.54, 1.807) is 0 Å². The molecule has 2 fully saturated rings. The van der Waals surface area contributed by atoms with Gasteiger partial charge in [0.05, 0.1) is 18.8 Å². The van der Waals surface area contributed by atoms with Crippen LogP contribution in [0.2, 0.25) is 0 Å². The third-order valence-corrected chi connectivity index (χ3v) is 5.09. The summed E-state index contributed by atoms with van der Waals surface area (Å²) >= 11 is 0. The van der Waals surface area contributed by atoms with E-state index >= 15 is 0 Å². The van der Waals surface area contributed by atoms with E-state index in [9.17, 15) is 5.11 Å². The fourth-order valence-electron chi connectivity index (χ4n) is 3.66. The molecule has 5 unspecified atom stereocenters. The summed E-state index contributed by atoms with van der Waals surface area (Å²) in [6.07, 6.45) is 3.37. The van der Waals surface area contributed by atoms with Gasteiger partial charge in [-0.3, -0.25) is 4.90 Å². The molecule has 0 aromatic rings. The fraction of sp³-hybridized carbons (Fsp3) is 1.00. The summed E-state index contributed by atoms with van der Waals surface area (Å²) in [5, 5.41) is 10.4. The normalized spacial score (nSPS) is 42.3. The molecular formula is C16H31NO2. The summed E-state index contributed by atoms with van der Waals surface area (Å²) in [5.41, 5.74) is 0.347. The standard InChI is InChI=1S/C16H31NO2/c1-11-10-19-12(2)9-17(11)14-8-13(16(3,4)5)6-7-15(14)18/h11-15,18H,6-10H2,1-5H3. The highest BCUT2D eigenvalue weighted by molar-refractivity contribution is 4.93. The molecule has 1 saturated carbocycles. The van der Waals surface area contributed by atoms with Gasteiger partial charge in [-0.1, -0.05) is 20.8 Å². The first kappa shape index (κ1) is 15.3. The molecule has 3 heteroatoms. The zero-order valence-corrected chi connectivity index (χ0v) is 13.2. The van der Waals surface area contributed by atoms with Crippen LogP contribution in [0.25, 0.3) is 0 Å². The Bertz CT molecular complexity index is 300. The van der Waals surface area contributed by atoms with Gasteiger partial charge in [0.1, 0.15) is 0 Å². The molecule has 5 atom stereocenters. The lowest BCUT2D eigenvalue weighted by atomic mass is 9.69. The molecule has 1 N–H and O–H groups in total. The Balaban J connectivity index is 2.07. The van der Waals surface area contributed by atoms with E-state index in [0.29, 0.717) is 29.5 Å². The molecule has 0 aromatic heterocycles. The van der Waals surface area contributed by atoms with Gasteiger partial charge in [-0.15, -0.1) is 0 Å². The van der Waals surface area contributed by atoms with Gasteiger partial charge in [0, 0.05) is 18.6 Å². The van der Waals surface area contributed by atoms with Crippen LogP contribution in [-0.2, 0) is 4.74 Å². The van der Waals surface area contributed by atoms with Crippen molar-refractivity contribution in [1.82, 2.24) is 4.90 Å². The van der Waals surface area contributed by atoms with Crippen LogP contribution < -0.4 is 0 Å². The van der Waals surface area contributed by atoms with Gasteiger partial charge < -0.3 is 9.84 Å². The Hall–Kier alpha value is -0.120. The molecule has 3 nitrogen and oxygen atoms in total. The number of nitrogens with zero attached hydrogens (tertiary/aromatic N) is 1. The van der Waals surface area contributed by atoms with Crippen LogP contribution in [0.15, 0.2) is 0 Å². The van der Waals surface area contributed by atoms with Crippen molar-refractivity contribution in [2.24, 2.45) is 11.3 Å². The quantitative estimate of drug-likeness (QED) is 0.794. The van der Waals surface area contributed by atoms with Crippen molar-refractivity contribution in [3.05, 3.63) is 0 Å². The third-order valence-electron chi connectivity index (χ3n) is 5.09. The van der Waals surface area contributed by atoms with E-state index < -0.39 is 0 Å². The monoisotopic (exact) mass is 269 g/mol. The van der Waals surface area contributed by atoms with Crippen molar-refractivity contribution in [2.75, 3.05) is 13.2 Å². The second kappa shape index (κ2) is 5.71. The summed E-state index contributed by atoms with van der Waals surface area (Å²) in [4.78, 5) is 2.50. The summed E-state index contributed by atoms with van der Waals surface area (Å²) in [7, 11) is 0. The van der Waals surface area contributed by atoms with Gasteiger partial charge in [0.25, 0.3) is 0 Å². The van der Waals surface area contributed by atoms with Crippen LogP contribution in [0, 0.1) is 11.3 Å². The predicted octanol–water partition coefficient (Wildman–Crippen LogP) is 2.67. The van der Waals surface area contributed by atoms with Gasteiger partial charge in [0.15, 0.2) is 0 Å². The Morgan fingerprint density at radius 1 is 1.16 bits per heavy atom. The van der Waals surface area contributed by atoms with E-state index in [4.69, 9.17) is 4.74 Å². The minimum absolute atomic E-state index is 0.161. The number of aliphatic hydroxyl groups excluding tert-OH is 1. The van der Waals surface area contributed by atoms with Gasteiger partial charge >= 0.3 is 0 Å². The van der Waals surface area contributed by atoms with Crippen LogP contribution in [0.3, 0.4) is 0 Å². The van der Waals surface area contributed by atoms with E-state index in [1.165, 1.54) is 0 Å². The summed E-state index contributed by atoms with van der Waals surface area (Å²) in [6, 6.07) is 0.744. The number of morpholine rings is 1. The average Bonchev–Trinajstić information content (AvgIpc) is 2.32. The molecule has 2 aliphatic rings. The van der Waals surface area contributed by atoms with Crippen molar-refractivity contribution >= 4 is 0 Å². The molecule has 1 saturated heterocycles. The summed E-state index contributed by atoms with van der Waals surface area (Å²) in [5.74, 6) is 0.714. The topological polar surface area (TPSA) is 32.7 Å². The van der Waals surface area contributed by atoms with Crippen molar-refractivity contribution in [2.45, 2.75) is 78.2 Å². The van der Waals surface area contributed by atoms with E-state index in [1.807, 2.05) is 0 Å². The molecule has 1 aliphatic carbocycles. The number of ether oxygens (including phenoxy) is 1. The van der Waals surface area contributed by atoms with Crippen LogP contribution in [0.4, 0.5) is 0 Å². The first-order valence-electron chi connectivity index (χ1n) is 7.84. The highest BCUT2D eigenvalue weighted by Crippen LogP contribution is 2.40. The Morgan fingerprint density at radius 2 is 1.84 bits per heavy atom. The molecule has 1 heterocycles. The lowest BCUT2D eigenvalue weighted by molar-refractivity contribution is -0.105. The molecule has 0 aromatic carbocycles. The van der Waals surface area contributed by atoms with Crippen molar-refractivity contribution in [3.8, 4) is 0 Å². The Kier molecular flexibility index (Phi) is 4.59. The van der Waals surface area contributed by atoms with Crippen LogP contribution in [0.1, 0.15) is 53.9 Å². The second-order valence-corrected chi connectivity index (χ2v) is 7.70.